The molecule has 106 valence electrons. The van der Waals surface area contributed by atoms with E-state index in [0.29, 0.717) is 11.7 Å². The lowest BCUT2D eigenvalue weighted by molar-refractivity contribution is 0.145. The number of hydrogen-bond donors (Lipinski definition) is 0. The highest BCUT2D eigenvalue weighted by atomic mass is 28.4. The summed E-state index contributed by atoms with van der Waals surface area (Å²) < 4.78 is 21.9. The molecule has 0 saturated heterocycles. The van der Waals surface area contributed by atoms with Crippen LogP contribution in [0, 0.1) is 0 Å². The molecule has 0 unspecified atom stereocenters. The summed E-state index contributed by atoms with van der Waals surface area (Å²) in [5.41, 5.74) is 0. The third-order valence-corrected chi connectivity index (χ3v) is 3.19. The molecule has 0 radical (unpaired) electrons. The molecule has 0 bridgehead atoms. The number of allylic oxidation sites excluding steroid dienone is 1. The van der Waals surface area contributed by atoms with Gasteiger partial charge in [-0.1, -0.05) is 0 Å². The average Bonchev–Trinajstić information content (AvgIpc) is 2.12. The van der Waals surface area contributed by atoms with E-state index in [4.69, 9.17) is 18.3 Å². The number of hydrogen-bond acceptors (Lipinski definition) is 4. The van der Waals surface area contributed by atoms with Crippen molar-refractivity contribution in [1.82, 2.24) is 0 Å². The number of rotatable bonds is 7. The Balaban J connectivity index is 4.96. The number of ether oxygens (including phenoxy) is 2. The van der Waals surface area contributed by atoms with E-state index in [1.54, 1.807) is 26.6 Å². The maximum atomic E-state index is 5.88. The molecule has 0 saturated carbocycles. The first-order chi connectivity index (χ1) is 8.07. The first-order valence-corrected chi connectivity index (χ1v) is 12.8. The van der Waals surface area contributed by atoms with Crippen molar-refractivity contribution in [1.29, 1.82) is 0 Å². The normalized spacial score (nSPS) is 14.2. The fourth-order valence-corrected chi connectivity index (χ4v) is 2.67. The second-order valence-corrected chi connectivity index (χ2v) is 14.7. The first-order valence-electron chi connectivity index (χ1n) is 5.94. The van der Waals surface area contributed by atoms with Gasteiger partial charge in [0.25, 0.3) is 5.95 Å². The minimum absolute atomic E-state index is 0.468. The second kappa shape index (κ2) is 6.89. The minimum atomic E-state index is -1.70. The van der Waals surface area contributed by atoms with Gasteiger partial charge in [-0.05, 0) is 39.3 Å². The molecule has 6 heteroatoms. The number of methoxy groups -OCH3 is 2. The van der Waals surface area contributed by atoms with Crippen LogP contribution in [0.2, 0.25) is 39.3 Å². The highest BCUT2D eigenvalue weighted by Gasteiger charge is 2.21. The summed E-state index contributed by atoms with van der Waals surface area (Å²) in [6, 6.07) is 0. The molecule has 0 aromatic heterocycles. The molecular weight excluding hydrogens is 264 g/mol. The van der Waals surface area contributed by atoms with Crippen molar-refractivity contribution >= 4 is 16.6 Å². The van der Waals surface area contributed by atoms with Crippen molar-refractivity contribution in [3.8, 4) is 0 Å². The van der Waals surface area contributed by atoms with Crippen LogP contribution in [0.3, 0.4) is 0 Å². The molecule has 18 heavy (non-hydrogen) atoms. The summed E-state index contributed by atoms with van der Waals surface area (Å²) in [7, 11) is -0.205. The monoisotopic (exact) mass is 290 g/mol. The SMILES string of the molecule is CO/C=C(\C=C(/OC)O[Si](C)(C)C)O[Si](C)(C)C. The van der Waals surface area contributed by atoms with Crippen LogP contribution < -0.4 is 0 Å². The first kappa shape index (κ1) is 17.1. The molecule has 0 aliphatic heterocycles. The van der Waals surface area contributed by atoms with Crippen LogP contribution in [-0.4, -0.2) is 30.9 Å². The molecule has 0 fully saturated rings. The van der Waals surface area contributed by atoms with Gasteiger partial charge in [0.1, 0.15) is 12.0 Å². The smallest absolute Gasteiger partial charge is 0.268 e. The molecular formula is C12H26O4Si2. The molecule has 0 N–H and O–H groups in total. The molecule has 0 rings (SSSR count). The van der Waals surface area contributed by atoms with E-state index < -0.39 is 16.6 Å². The van der Waals surface area contributed by atoms with Crippen LogP contribution in [0.5, 0.6) is 0 Å². The Morgan fingerprint density at radius 2 is 1.33 bits per heavy atom. The summed E-state index contributed by atoms with van der Waals surface area (Å²) in [5, 5.41) is 0. The lowest BCUT2D eigenvalue weighted by Crippen LogP contribution is -2.26. The molecule has 0 aliphatic carbocycles. The van der Waals surface area contributed by atoms with Gasteiger partial charge in [0.15, 0.2) is 0 Å². The third-order valence-electron chi connectivity index (χ3n) is 1.53. The van der Waals surface area contributed by atoms with Gasteiger partial charge in [0.05, 0.1) is 20.3 Å². The van der Waals surface area contributed by atoms with Crippen LogP contribution >= 0.6 is 0 Å². The van der Waals surface area contributed by atoms with Gasteiger partial charge in [0, 0.05) is 0 Å². The van der Waals surface area contributed by atoms with Crippen molar-refractivity contribution in [2.75, 3.05) is 14.2 Å². The Bertz CT molecular complexity index is 311. The zero-order valence-electron chi connectivity index (χ0n) is 12.8. The standard InChI is InChI=1S/C12H26O4Si2/c1-13-10-11(15-17(3,4)5)9-12(14-2)16-18(6,7)8/h9-10H,1-8H3/b11-10+,12-9+. The summed E-state index contributed by atoms with van der Waals surface area (Å²) in [6.45, 7) is 12.6. The Hall–Kier alpha value is -0.886. The quantitative estimate of drug-likeness (QED) is 0.407. The predicted octanol–water partition coefficient (Wildman–Crippen LogP) is 3.67. The Morgan fingerprint density at radius 1 is 0.833 bits per heavy atom. The maximum absolute atomic E-state index is 5.88. The summed E-state index contributed by atoms with van der Waals surface area (Å²) in [4.78, 5) is 0. The van der Waals surface area contributed by atoms with Gasteiger partial charge in [0.2, 0.25) is 16.6 Å². The van der Waals surface area contributed by atoms with Crippen molar-refractivity contribution in [3.63, 3.8) is 0 Å². The van der Waals surface area contributed by atoms with E-state index in [2.05, 4.69) is 39.3 Å². The van der Waals surface area contributed by atoms with Gasteiger partial charge in [-0.25, -0.2) is 0 Å². The van der Waals surface area contributed by atoms with Gasteiger partial charge in [-0.15, -0.1) is 0 Å². The average molecular weight is 291 g/mol. The van der Waals surface area contributed by atoms with E-state index in [0.717, 1.165) is 0 Å². The fraction of sp³-hybridized carbons (Fsp3) is 0.667. The molecule has 0 spiro atoms. The maximum Gasteiger partial charge on any atom is 0.268 e. The summed E-state index contributed by atoms with van der Waals surface area (Å²) in [5.74, 6) is 1.10. The lowest BCUT2D eigenvalue weighted by Gasteiger charge is -2.23. The van der Waals surface area contributed by atoms with E-state index in [9.17, 15) is 0 Å². The van der Waals surface area contributed by atoms with Crippen LogP contribution in [0.25, 0.3) is 0 Å². The molecule has 0 aliphatic rings. The van der Waals surface area contributed by atoms with Crippen molar-refractivity contribution < 1.29 is 18.3 Å². The predicted molar refractivity (Wildman–Crippen MR) is 79.0 cm³/mol. The molecule has 0 heterocycles. The Labute approximate surface area is 113 Å². The van der Waals surface area contributed by atoms with E-state index in [1.165, 1.54) is 0 Å². The summed E-state index contributed by atoms with van der Waals surface area (Å²) in [6.07, 6.45) is 3.30. The second-order valence-electron chi connectivity index (χ2n) is 5.85. The molecule has 0 aromatic rings. The van der Waals surface area contributed by atoms with Gasteiger partial charge < -0.3 is 18.3 Å². The van der Waals surface area contributed by atoms with Crippen LogP contribution in [0.1, 0.15) is 0 Å². The van der Waals surface area contributed by atoms with Crippen LogP contribution in [0.4, 0.5) is 0 Å². The van der Waals surface area contributed by atoms with Crippen LogP contribution in [0.15, 0.2) is 24.0 Å². The molecule has 0 atom stereocenters. The fourth-order valence-electron chi connectivity index (χ4n) is 1.11. The van der Waals surface area contributed by atoms with Crippen molar-refractivity contribution in [2.24, 2.45) is 0 Å². The van der Waals surface area contributed by atoms with Crippen molar-refractivity contribution in [3.05, 3.63) is 24.0 Å². The molecule has 4 nitrogen and oxygen atoms in total. The van der Waals surface area contributed by atoms with Crippen molar-refractivity contribution in [2.45, 2.75) is 39.3 Å². The Morgan fingerprint density at radius 3 is 1.67 bits per heavy atom. The van der Waals surface area contributed by atoms with E-state index >= 15 is 0 Å². The van der Waals surface area contributed by atoms with Gasteiger partial charge >= 0.3 is 0 Å². The third kappa shape index (κ3) is 9.18. The van der Waals surface area contributed by atoms with Gasteiger partial charge in [-0.3, -0.25) is 0 Å². The molecule has 0 amide bonds. The molecule has 0 aromatic carbocycles. The van der Waals surface area contributed by atoms with E-state index in [-0.39, 0.29) is 0 Å². The Kier molecular flexibility index (Phi) is 6.55. The zero-order valence-corrected chi connectivity index (χ0v) is 14.8. The minimum Gasteiger partial charge on any atom is -0.542 e. The topological polar surface area (TPSA) is 36.9 Å². The zero-order chi connectivity index (χ0) is 14.4. The highest BCUT2D eigenvalue weighted by molar-refractivity contribution is 6.70. The van der Waals surface area contributed by atoms with Crippen LogP contribution in [-0.2, 0) is 18.3 Å². The lowest BCUT2D eigenvalue weighted by atomic mass is 10.5. The largest absolute Gasteiger partial charge is 0.542 e. The van der Waals surface area contributed by atoms with Gasteiger partial charge in [-0.2, -0.15) is 0 Å². The summed E-state index contributed by atoms with van der Waals surface area (Å²) >= 11 is 0. The highest BCUT2D eigenvalue weighted by Crippen LogP contribution is 2.17. The van der Waals surface area contributed by atoms with E-state index in [1.807, 2.05) is 0 Å².